The number of likely N-dealkylation sites (tertiary alicyclic amines) is 1. The van der Waals surface area contributed by atoms with Crippen molar-refractivity contribution in [1.82, 2.24) is 4.90 Å². The second kappa shape index (κ2) is 8.89. The number of methoxy groups -OCH3 is 1. The number of esters is 1. The minimum atomic E-state index is -0.493. The molecule has 0 radical (unpaired) electrons. The number of carbonyl (C=O) groups is 1. The van der Waals surface area contributed by atoms with E-state index >= 15 is 0 Å². The Kier molecular flexibility index (Phi) is 6.86. The first-order valence-electron chi connectivity index (χ1n) is 8.35. The molecule has 1 heterocycles. The molecule has 23 heavy (non-hydrogen) atoms. The highest BCUT2D eigenvalue weighted by atomic mass is 16.5. The van der Waals surface area contributed by atoms with Gasteiger partial charge in [-0.2, -0.15) is 0 Å². The average molecular weight is 321 g/mol. The summed E-state index contributed by atoms with van der Waals surface area (Å²) >= 11 is 0. The minimum Gasteiger partial charge on any atom is -0.497 e. The predicted molar refractivity (Wildman–Crippen MR) is 88.4 cm³/mol. The fraction of sp³-hybridized carbons (Fsp3) is 0.611. The van der Waals surface area contributed by atoms with E-state index in [4.69, 9.17) is 9.47 Å². The van der Waals surface area contributed by atoms with Crippen LogP contribution in [-0.4, -0.2) is 49.3 Å². The molecule has 0 spiro atoms. The van der Waals surface area contributed by atoms with Crippen LogP contribution in [0.15, 0.2) is 24.3 Å². The van der Waals surface area contributed by atoms with Crippen LogP contribution in [0.3, 0.4) is 0 Å². The molecule has 128 valence electrons. The van der Waals surface area contributed by atoms with Gasteiger partial charge in [-0.3, -0.25) is 4.79 Å². The molecule has 2 rings (SSSR count). The minimum absolute atomic E-state index is 0.0366. The van der Waals surface area contributed by atoms with Crippen LogP contribution in [0.2, 0.25) is 0 Å². The molecule has 0 aromatic heterocycles. The third-order valence-corrected chi connectivity index (χ3v) is 4.40. The van der Waals surface area contributed by atoms with E-state index in [1.807, 2.05) is 31.2 Å². The van der Waals surface area contributed by atoms with Gasteiger partial charge in [0.2, 0.25) is 0 Å². The molecule has 0 amide bonds. The van der Waals surface area contributed by atoms with Crippen LogP contribution < -0.4 is 4.74 Å². The van der Waals surface area contributed by atoms with Crippen LogP contribution >= 0.6 is 0 Å². The van der Waals surface area contributed by atoms with Crippen molar-refractivity contribution in [1.29, 1.82) is 0 Å². The monoisotopic (exact) mass is 321 g/mol. The van der Waals surface area contributed by atoms with E-state index in [0.29, 0.717) is 13.0 Å². The van der Waals surface area contributed by atoms with Crippen molar-refractivity contribution in [2.45, 2.75) is 32.3 Å². The number of hydrogen-bond acceptors (Lipinski definition) is 5. The maximum absolute atomic E-state index is 11.7. The largest absolute Gasteiger partial charge is 0.497 e. The fourth-order valence-electron chi connectivity index (χ4n) is 2.97. The first-order chi connectivity index (χ1) is 11.1. The van der Waals surface area contributed by atoms with E-state index < -0.39 is 6.10 Å². The van der Waals surface area contributed by atoms with Gasteiger partial charge in [-0.1, -0.05) is 12.1 Å². The number of piperidine rings is 1. The van der Waals surface area contributed by atoms with Crippen LogP contribution in [0.1, 0.15) is 37.9 Å². The molecule has 1 aromatic carbocycles. The number of aliphatic hydroxyl groups excluding tert-OH is 1. The quantitative estimate of drug-likeness (QED) is 0.782. The highest BCUT2D eigenvalue weighted by molar-refractivity contribution is 5.72. The molecule has 1 N–H and O–H groups in total. The van der Waals surface area contributed by atoms with Crippen molar-refractivity contribution in [3.63, 3.8) is 0 Å². The fourth-order valence-corrected chi connectivity index (χ4v) is 2.97. The average Bonchev–Trinajstić information content (AvgIpc) is 2.60. The van der Waals surface area contributed by atoms with Crippen molar-refractivity contribution in [3.05, 3.63) is 29.8 Å². The topological polar surface area (TPSA) is 59.0 Å². The number of ether oxygens (including phenoxy) is 2. The number of carbonyl (C=O) groups excluding carboxylic acids is 1. The van der Waals surface area contributed by atoms with Gasteiger partial charge in [0.25, 0.3) is 0 Å². The van der Waals surface area contributed by atoms with E-state index in [-0.39, 0.29) is 11.9 Å². The van der Waals surface area contributed by atoms with Crippen LogP contribution in [0.4, 0.5) is 0 Å². The van der Waals surface area contributed by atoms with Crippen molar-refractivity contribution >= 4 is 5.97 Å². The Morgan fingerprint density at radius 1 is 1.39 bits per heavy atom. The van der Waals surface area contributed by atoms with Gasteiger partial charge in [-0.05, 0) is 57.0 Å². The van der Waals surface area contributed by atoms with E-state index in [1.165, 1.54) is 0 Å². The summed E-state index contributed by atoms with van der Waals surface area (Å²) in [5.74, 6) is 0.731. The molecular weight excluding hydrogens is 294 g/mol. The van der Waals surface area contributed by atoms with E-state index in [0.717, 1.165) is 43.8 Å². The summed E-state index contributed by atoms with van der Waals surface area (Å²) < 4.78 is 10.3. The lowest BCUT2D eigenvalue weighted by Gasteiger charge is -2.31. The number of hydrogen-bond donors (Lipinski definition) is 1. The molecule has 1 fully saturated rings. The van der Waals surface area contributed by atoms with Crippen LogP contribution in [0, 0.1) is 5.92 Å². The van der Waals surface area contributed by atoms with Crippen molar-refractivity contribution in [3.8, 4) is 5.75 Å². The zero-order chi connectivity index (χ0) is 16.7. The summed E-state index contributed by atoms with van der Waals surface area (Å²) in [4.78, 5) is 14.0. The lowest BCUT2D eigenvalue weighted by Crippen LogP contribution is -2.37. The van der Waals surface area contributed by atoms with Gasteiger partial charge in [0.1, 0.15) is 5.75 Å². The van der Waals surface area contributed by atoms with Gasteiger partial charge in [-0.15, -0.1) is 0 Å². The molecule has 1 unspecified atom stereocenters. The van der Waals surface area contributed by atoms with Crippen molar-refractivity contribution in [2.24, 2.45) is 5.92 Å². The van der Waals surface area contributed by atoms with Gasteiger partial charge in [0.15, 0.2) is 0 Å². The first kappa shape index (κ1) is 17.8. The van der Waals surface area contributed by atoms with E-state index in [9.17, 15) is 9.90 Å². The number of rotatable bonds is 7. The molecule has 0 aliphatic carbocycles. The van der Waals surface area contributed by atoms with Gasteiger partial charge in [0, 0.05) is 6.54 Å². The predicted octanol–water partition coefficient (Wildman–Crippen LogP) is 2.39. The van der Waals surface area contributed by atoms with Crippen LogP contribution in [0.5, 0.6) is 5.75 Å². The summed E-state index contributed by atoms with van der Waals surface area (Å²) in [5, 5.41) is 10.3. The molecule has 1 aliphatic rings. The Labute approximate surface area is 138 Å². The number of aliphatic hydroxyl groups is 1. The van der Waals surface area contributed by atoms with Gasteiger partial charge >= 0.3 is 5.97 Å². The zero-order valence-electron chi connectivity index (χ0n) is 14.0. The smallest absolute Gasteiger partial charge is 0.309 e. The maximum atomic E-state index is 11.7. The molecule has 0 saturated carbocycles. The zero-order valence-corrected chi connectivity index (χ0v) is 14.0. The molecule has 5 nitrogen and oxygen atoms in total. The summed E-state index contributed by atoms with van der Waals surface area (Å²) in [7, 11) is 1.62. The van der Waals surface area contributed by atoms with E-state index in [1.54, 1.807) is 7.11 Å². The second-order valence-electron chi connectivity index (χ2n) is 5.95. The number of nitrogens with zero attached hydrogens (tertiary/aromatic N) is 1. The summed E-state index contributed by atoms with van der Waals surface area (Å²) in [6.45, 7) is 4.88. The SMILES string of the molecule is CCOC(=O)C1CCN(CCC(O)c2cccc(OC)c2)CC1. The first-order valence-corrected chi connectivity index (χ1v) is 8.35. The third-order valence-electron chi connectivity index (χ3n) is 4.40. The lowest BCUT2D eigenvalue weighted by molar-refractivity contribution is -0.149. The Hall–Kier alpha value is -1.59. The van der Waals surface area contributed by atoms with Crippen molar-refractivity contribution in [2.75, 3.05) is 33.4 Å². The van der Waals surface area contributed by atoms with Crippen LogP contribution in [0.25, 0.3) is 0 Å². The van der Waals surface area contributed by atoms with Gasteiger partial charge < -0.3 is 19.5 Å². The van der Waals surface area contributed by atoms with Gasteiger partial charge in [-0.25, -0.2) is 0 Å². The molecule has 0 bridgehead atoms. The summed E-state index contributed by atoms with van der Waals surface area (Å²) in [6, 6.07) is 7.55. The Morgan fingerprint density at radius 3 is 2.78 bits per heavy atom. The molecule has 1 atom stereocenters. The Bertz CT molecular complexity index is 498. The van der Waals surface area contributed by atoms with Crippen LogP contribution in [-0.2, 0) is 9.53 Å². The molecular formula is C18H27NO4. The highest BCUT2D eigenvalue weighted by Gasteiger charge is 2.26. The Balaban J connectivity index is 1.75. The Morgan fingerprint density at radius 2 is 2.13 bits per heavy atom. The molecule has 1 aliphatic heterocycles. The maximum Gasteiger partial charge on any atom is 0.309 e. The summed E-state index contributed by atoms with van der Waals surface area (Å²) in [6.07, 6.45) is 1.87. The number of benzene rings is 1. The normalized spacial score (nSPS) is 17.7. The van der Waals surface area contributed by atoms with Gasteiger partial charge in [0.05, 0.1) is 25.7 Å². The molecule has 1 aromatic rings. The lowest BCUT2D eigenvalue weighted by atomic mass is 9.96. The second-order valence-corrected chi connectivity index (χ2v) is 5.95. The summed E-state index contributed by atoms with van der Waals surface area (Å²) in [5.41, 5.74) is 0.880. The standard InChI is InChI=1S/C18H27NO4/c1-3-23-18(21)14-7-10-19(11-8-14)12-9-17(20)15-5-4-6-16(13-15)22-2/h4-6,13-14,17,20H,3,7-12H2,1-2H3. The third kappa shape index (κ3) is 5.22. The molecule has 5 heteroatoms. The van der Waals surface area contributed by atoms with E-state index in [2.05, 4.69) is 4.90 Å². The molecule has 1 saturated heterocycles. The van der Waals surface area contributed by atoms with Crippen molar-refractivity contribution < 1.29 is 19.4 Å². The highest BCUT2D eigenvalue weighted by Crippen LogP contribution is 2.23.